The van der Waals surface area contributed by atoms with Crippen LogP contribution in [0.3, 0.4) is 0 Å². The smallest absolute Gasteiger partial charge is 0.255 e. The first-order valence-corrected chi connectivity index (χ1v) is 7.24. The Bertz CT molecular complexity index is 834. The number of amides is 1. The molecule has 2 aromatic carbocycles. The topological polar surface area (TPSA) is 82.5 Å². The van der Waals surface area contributed by atoms with Crippen molar-refractivity contribution in [2.24, 2.45) is 0 Å². The first-order valence-electron chi connectivity index (χ1n) is 7.24. The number of rotatable bonds is 4. The summed E-state index contributed by atoms with van der Waals surface area (Å²) in [6.45, 7) is -0.234. The van der Waals surface area contributed by atoms with Crippen molar-refractivity contribution in [3.05, 3.63) is 71.9 Å². The van der Waals surface area contributed by atoms with Crippen LogP contribution in [0.2, 0.25) is 0 Å². The van der Waals surface area contributed by atoms with Crippen LogP contribution >= 0.6 is 0 Å². The molecule has 3 rings (SSSR count). The summed E-state index contributed by atoms with van der Waals surface area (Å²) in [7, 11) is 0. The highest BCUT2D eigenvalue weighted by Gasteiger charge is 2.18. The Morgan fingerprint density at radius 2 is 1.87 bits per heavy atom. The van der Waals surface area contributed by atoms with Gasteiger partial charge in [0.2, 0.25) is 0 Å². The number of carbonyl (C=O) groups is 1. The summed E-state index contributed by atoms with van der Waals surface area (Å²) >= 11 is 0. The average Bonchev–Trinajstić information content (AvgIpc) is 2.60. The number of hydrogen-bond donors (Lipinski definition) is 3. The van der Waals surface area contributed by atoms with Crippen molar-refractivity contribution in [1.29, 1.82) is 0 Å². The minimum atomic E-state index is -0.539. The third-order valence-electron chi connectivity index (χ3n) is 3.68. The van der Waals surface area contributed by atoms with Crippen molar-refractivity contribution in [2.45, 2.75) is 6.04 Å². The lowest BCUT2D eigenvalue weighted by Gasteiger charge is -2.17. The van der Waals surface area contributed by atoms with Crippen LogP contribution in [-0.4, -0.2) is 27.7 Å². The first kappa shape index (κ1) is 15.0. The highest BCUT2D eigenvalue weighted by atomic mass is 16.3. The van der Waals surface area contributed by atoms with E-state index in [0.717, 1.165) is 10.9 Å². The summed E-state index contributed by atoms with van der Waals surface area (Å²) in [5.74, 6) is -0.622. The second-order valence-corrected chi connectivity index (χ2v) is 5.16. The zero-order chi connectivity index (χ0) is 16.2. The number of nitrogens with one attached hydrogen (secondary N) is 1. The van der Waals surface area contributed by atoms with E-state index in [9.17, 15) is 15.0 Å². The lowest BCUT2D eigenvalue weighted by Crippen LogP contribution is -2.30. The van der Waals surface area contributed by atoms with E-state index in [-0.39, 0.29) is 17.9 Å². The van der Waals surface area contributed by atoms with Gasteiger partial charge in [0, 0.05) is 11.6 Å². The number of aliphatic hydroxyl groups excluding tert-OH is 1. The number of aromatic hydroxyl groups is 1. The van der Waals surface area contributed by atoms with E-state index < -0.39 is 11.9 Å². The highest BCUT2D eigenvalue weighted by molar-refractivity contribution is 6.02. The number of pyridine rings is 1. The van der Waals surface area contributed by atoms with E-state index in [2.05, 4.69) is 10.3 Å². The second-order valence-electron chi connectivity index (χ2n) is 5.16. The van der Waals surface area contributed by atoms with Gasteiger partial charge in [-0.25, -0.2) is 0 Å². The normalized spacial score (nSPS) is 12.0. The fourth-order valence-electron chi connectivity index (χ4n) is 2.47. The number of nitrogens with zero attached hydrogens (tertiary/aromatic N) is 1. The van der Waals surface area contributed by atoms with Gasteiger partial charge in [0.25, 0.3) is 5.91 Å². The van der Waals surface area contributed by atoms with Gasteiger partial charge in [0.05, 0.1) is 18.2 Å². The predicted octanol–water partition coefficient (Wildman–Crippen LogP) is 2.40. The number of aliphatic hydroxyl groups is 1. The van der Waals surface area contributed by atoms with Gasteiger partial charge in [-0.2, -0.15) is 0 Å². The molecule has 5 heteroatoms. The van der Waals surface area contributed by atoms with E-state index in [0.29, 0.717) is 5.52 Å². The Kier molecular flexibility index (Phi) is 4.21. The Balaban J connectivity index is 1.90. The predicted molar refractivity (Wildman–Crippen MR) is 87.1 cm³/mol. The van der Waals surface area contributed by atoms with Gasteiger partial charge < -0.3 is 15.5 Å². The summed E-state index contributed by atoms with van der Waals surface area (Å²) < 4.78 is 0. The molecule has 0 radical (unpaired) electrons. The molecule has 0 aliphatic carbocycles. The fraction of sp³-hybridized carbons (Fsp3) is 0.111. The maximum atomic E-state index is 12.4. The van der Waals surface area contributed by atoms with Crippen molar-refractivity contribution in [3.8, 4) is 5.75 Å². The van der Waals surface area contributed by atoms with Gasteiger partial charge in [0.1, 0.15) is 5.52 Å². The number of aromatic nitrogens is 1. The first-order chi connectivity index (χ1) is 11.2. The third-order valence-corrected chi connectivity index (χ3v) is 3.68. The highest BCUT2D eigenvalue weighted by Crippen LogP contribution is 2.27. The number of phenols is 1. The molecule has 116 valence electrons. The Morgan fingerprint density at radius 3 is 2.61 bits per heavy atom. The molecule has 1 unspecified atom stereocenters. The zero-order valence-corrected chi connectivity index (χ0v) is 12.3. The maximum absolute atomic E-state index is 12.4. The monoisotopic (exact) mass is 308 g/mol. The van der Waals surface area contributed by atoms with Gasteiger partial charge in [-0.1, -0.05) is 42.5 Å². The van der Waals surface area contributed by atoms with Crippen LogP contribution in [-0.2, 0) is 0 Å². The Morgan fingerprint density at radius 1 is 1.09 bits per heavy atom. The number of benzene rings is 2. The SMILES string of the molecule is O=C(NC(CO)c1ccccc1)c1ccc2cccnc2c1O. The number of fused-ring (bicyclic) bond motifs is 1. The van der Waals surface area contributed by atoms with Crippen molar-refractivity contribution >= 4 is 16.8 Å². The van der Waals surface area contributed by atoms with Crippen molar-refractivity contribution in [3.63, 3.8) is 0 Å². The summed E-state index contributed by atoms with van der Waals surface area (Å²) in [6, 6.07) is 15.5. The molecule has 1 aromatic heterocycles. The van der Waals surface area contributed by atoms with Gasteiger partial charge in [-0.05, 0) is 17.7 Å². The van der Waals surface area contributed by atoms with Crippen molar-refractivity contribution < 1.29 is 15.0 Å². The molecule has 3 N–H and O–H groups in total. The van der Waals surface area contributed by atoms with Crippen LogP contribution in [0.25, 0.3) is 10.9 Å². The van der Waals surface area contributed by atoms with Crippen LogP contribution in [0.1, 0.15) is 22.0 Å². The van der Waals surface area contributed by atoms with Crippen molar-refractivity contribution in [2.75, 3.05) is 6.61 Å². The van der Waals surface area contributed by atoms with Crippen LogP contribution < -0.4 is 5.32 Å². The van der Waals surface area contributed by atoms with Crippen LogP contribution in [0.4, 0.5) is 0 Å². The summed E-state index contributed by atoms with van der Waals surface area (Å²) in [6.07, 6.45) is 1.56. The summed E-state index contributed by atoms with van der Waals surface area (Å²) in [4.78, 5) is 16.5. The minimum absolute atomic E-state index is 0.130. The van der Waals surface area contributed by atoms with E-state index in [1.807, 2.05) is 36.4 Å². The molecule has 0 saturated heterocycles. The fourth-order valence-corrected chi connectivity index (χ4v) is 2.47. The quantitative estimate of drug-likeness (QED) is 0.691. The van der Waals surface area contributed by atoms with Crippen LogP contribution in [0.15, 0.2) is 60.8 Å². The zero-order valence-electron chi connectivity index (χ0n) is 12.3. The lowest BCUT2D eigenvalue weighted by molar-refractivity contribution is 0.0913. The number of hydrogen-bond acceptors (Lipinski definition) is 4. The van der Waals surface area contributed by atoms with Gasteiger partial charge in [-0.15, -0.1) is 0 Å². The molecule has 5 nitrogen and oxygen atoms in total. The molecular formula is C18H16N2O3. The maximum Gasteiger partial charge on any atom is 0.255 e. The standard InChI is InChI=1S/C18H16N2O3/c21-11-15(12-5-2-1-3-6-12)20-18(23)14-9-8-13-7-4-10-19-16(13)17(14)22/h1-10,15,21-22H,11H2,(H,20,23). The molecule has 23 heavy (non-hydrogen) atoms. The van der Waals surface area contributed by atoms with E-state index in [1.54, 1.807) is 24.4 Å². The van der Waals surface area contributed by atoms with Crippen LogP contribution in [0.5, 0.6) is 5.75 Å². The molecule has 1 heterocycles. The molecule has 0 aliphatic rings. The van der Waals surface area contributed by atoms with Gasteiger partial charge >= 0.3 is 0 Å². The Labute approximate surface area is 133 Å². The van der Waals surface area contributed by atoms with Crippen molar-refractivity contribution in [1.82, 2.24) is 10.3 Å². The number of phenolic OH excluding ortho intramolecular Hbond substituents is 1. The average molecular weight is 308 g/mol. The molecule has 0 saturated carbocycles. The second kappa shape index (κ2) is 6.46. The molecule has 1 amide bonds. The van der Waals surface area contributed by atoms with Gasteiger partial charge in [0.15, 0.2) is 5.75 Å². The van der Waals surface area contributed by atoms with E-state index in [1.165, 1.54) is 0 Å². The molecule has 0 fully saturated rings. The molecule has 0 aliphatic heterocycles. The number of carbonyl (C=O) groups excluding carboxylic acids is 1. The molecule has 0 spiro atoms. The molecular weight excluding hydrogens is 292 g/mol. The summed E-state index contributed by atoms with van der Waals surface area (Å²) in [5.41, 5.74) is 1.30. The third kappa shape index (κ3) is 3.00. The minimum Gasteiger partial charge on any atom is -0.505 e. The van der Waals surface area contributed by atoms with Crippen LogP contribution in [0, 0.1) is 0 Å². The van der Waals surface area contributed by atoms with E-state index in [4.69, 9.17) is 0 Å². The van der Waals surface area contributed by atoms with E-state index >= 15 is 0 Å². The van der Waals surface area contributed by atoms with Gasteiger partial charge in [-0.3, -0.25) is 9.78 Å². The molecule has 3 aromatic rings. The summed E-state index contributed by atoms with van der Waals surface area (Å²) in [5, 5.41) is 23.3. The molecule has 1 atom stereocenters. The Hall–Kier alpha value is -2.92. The molecule has 0 bridgehead atoms. The largest absolute Gasteiger partial charge is 0.505 e. The lowest BCUT2D eigenvalue weighted by atomic mass is 10.1.